The predicted molar refractivity (Wildman–Crippen MR) is 47.8 cm³/mol. The van der Waals surface area contributed by atoms with Gasteiger partial charge in [-0.2, -0.15) is 0 Å². The molecular weight excluding hydrogens is 152 g/mol. The highest BCUT2D eigenvalue weighted by Crippen LogP contribution is 2.24. The molecule has 2 nitrogen and oxygen atoms in total. The van der Waals surface area contributed by atoms with Gasteiger partial charge in [-0.3, -0.25) is 4.79 Å². The average molecular weight is 168 g/mol. The molecule has 1 N–H and O–H groups in total. The molecule has 0 saturated heterocycles. The zero-order valence-corrected chi connectivity index (χ0v) is 7.49. The van der Waals surface area contributed by atoms with Crippen molar-refractivity contribution in [3.05, 3.63) is 12.2 Å². The number of allylic oxidation sites excluding steroid dienone is 1. The van der Waals surface area contributed by atoms with E-state index in [1.165, 1.54) is 0 Å². The van der Waals surface area contributed by atoms with Gasteiger partial charge in [-0.1, -0.05) is 12.2 Å². The van der Waals surface area contributed by atoms with Crippen molar-refractivity contribution in [2.75, 3.05) is 0 Å². The van der Waals surface area contributed by atoms with E-state index in [0.29, 0.717) is 5.78 Å². The molecule has 1 fully saturated rings. The maximum absolute atomic E-state index is 11.2. The van der Waals surface area contributed by atoms with Crippen LogP contribution in [-0.4, -0.2) is 17.0 Å². The lowest BCUT2D eigenvalue weighted by Gasteiger charge is -2.02. The summed E-state index contributed by atoms with van der Waals surface area (Å²) in [6.45, 7) is 1.72. The molecule has 0 amide bonds. The van der Waals surface area contributed by atoms with Crippen molar-refractivity contribution in [2.24, 2.45) is 5.92 Å². The minimum absolute atomic E-state index is 0.236. The molecule has 0 aromatic carbocycles. The molecule has 0 aromatic rings. The Bertz CT molecular complexity index is 182. The van der Waals surface area contributed by atoms with E-state index < -0.39 is 0 Å². The Balaban J connectivity index is 2.27. The Morgan fingerprint density at radius 2 is 2.50 bits per heavy atom. The molecule has 1 saturated carbocycles. The normalized spacial score (nSPS) is 26.8. The fourth-order valence-corrected chi connectivity index (χ4v) is 1.58. The molecular formula is C10H16O2. The number of hydrogen-bond acceptors (Lipinski definition) is 2. The molecule has 2 unspecified atom stereocenters. The number of aliphatic hydroxyl groups is 1. The van der Waals surface area contributed by atoms with Gasteiger partial charge < -0.3 is 5.11 Å². The van der Waals surface area contributed by atoms with E-state index in [9.17, 15) is 4.79 Å². The number of aliphatic hydroxyl groups excluding tert-OH is 1. The molecule has 1 aliphatic carbocycles. The summed E-state index contributed by atoms with van der Waals surface area (Å²) in [7, 11) is 0. The van der Waals surface area contributed by atoms with Crippen LogP contribution in [0.1, 0.15) is 32.6 Å². The van der Waals surface area contributed by atoms with Gasteiger partial charge in [0.15, 0.2) is 0 Å². The van der Waals surface area contributed by atoms with Crippen LogP contribution in [-0.2, 0) is 4.79 Å². The molecule has 0 bridgehead atoms. The van der Waals surface area contributed by atoms with Crippen molar-refractivity contribution in [1.82, 2.24) is 0 Å². The van der Waals surface area contributed by atoms with Crippen molar-refractivity contribution in [1.29, 1.82) is 0 Å². The highest BCUT2D eigenvalue weighted by atomic mass is 16.3. The van der Waals surface area contributed by atoms with Gasteiger partial charge >= 0.3 is 0 Å². The Morgan fingerprint density at radius 1 is 1.75 bits per heavy atom. The molecule has 68 valence electrons. The fraction of sp³-hybridized carbons (Fsp3) is 0.700. The summed E-state index contributed by atoms with van der Waals surface area (Å²) in [6.07, 6.45) is 6.91. The highest BCUT2D eigenvalue weighted by molar-refractivity contribution is 5.82. The lowest BCUT2D eigenvalue weighted by atomic mass is 10.0. The first-order chi connectivity index (χ1) is 5.70. The number of ketones is 1. The second-order valence-electron chi connectivity index (χ2n) is 3.46. The Hall–Kier alpha value is -0.630. The van der Waals surface area contributed by atoms with E-state index in [-0.39, 0.29) is 12.0 Å². The minimum atomic E-state index is -0.387. The van der Waals surface area contributed by atoms with E-state index in [4.69, 9.17) is 5.11 Å². The second kappa shape index (κ2) is 4.41. The molecule has 0 heterocycles. The van der Waals surface area contributed by atoms with Crippen molar-refractivity contribution in [3.8, 4) is 0 Å². The predicted octanol–water partition coefficient (Wildman–Crippen LogP) is 1.68. The minimum Gasteiger partial charge on any atom is -0.389 e. The van der Waals surface area contributed by atoms with E-state index in [2.05, 4.69) is 0 Å². The molecule has 2 heteroatoms. The summed E-state index contributed by atoms with van der Waals surface area (Å²) < 4.78 is 0. The van der Waals surface area contributed by atoms with Crippen LogP contribution in [0.3, 0.4) is 0 Å². The van der Waals surface area contributed by atoms with E-state index in [0.717, 1.165) is 25.7 Å². The topological polar surface area (TPSA) is 37.3 Å². The van der Waals surface area contributed by atoms with E-state index in [1.807, 2.05) is 6.08 Å². The van der Waals surface area contributed by atoms with Gasteiger partial charge in [-0.15, -0.1) is 0 Å². The molecule has 0 spiro atoms. The maximum atomic E-state index is 11.2. The maximum Gasteiger partial charge on any atom is 0.136 e. The first kappa shape index (κ1) is 9.46. The number of carbonyl (C=O) groups excluding carboxylic acids is 1. The van der Waals surface area contributed by atoms with E-state index >= 15 is 0 Å². The van der Waals surface area contributed by atoms with Crippen molar-refractivity contribution < 1.29 is 9.90 Å². The molecule has 2 atom stereocenters. The Kier molecular flexibility index (Phi) is 3.48. The van der Waals surface area contributed by atoms with Gasteiger partial charge in [0.1, 0.15) is 5.78 Å². The van der Waals surface area contributed by atoms with Gasteiger partial charge in [0.25, 0.3) is 0 Å². The zero-order chi connectivity index (χ0) is 8.97. The van der Waals surface area contributed by atoms with Crippen LogP contribution >= 0.6 is 0 Å². The SMILES string of the molecule is CC(O)/C=C\CC1CCCC1=O. The van der Waals surface area contributed by atoms with Crippen LogP contribution < -0.4 is 0 Å². The van der Waals surface area contributed by atoms with Crippen LogP contribution in [0, 0.1) is 5.92 Å². The largest absolute Gasteiger partial charge is 0.389 e. The van der Waals surface area contributed by atoms with Gasteiger partial charge in [0.05, 0.1) is 6.10 Å². The third-order valence-corrected chi connectivity index (χ3v) is 2.27. The summed E-state index contributed by atoms with van der Waals surface area (Å²) >= 11 is 0. The first-order valence-electron chi connectivity index (χ1n) is 4.57. The van der Waals surface area contributed by atoms with Crippen molar-refractivity contribution in [2.45, 2.75) is 38.7 Å². The number of Topliss-reactive ketones (excluding diaryl/α,β-unsaturated/α-hetero) is 1. The molecule has 12 heavy (non-hydrogen) atoms. The third kappa shape index (κ3) is 2.78. The number of hydrogen-bond donors (Lipinski definition) is 1. The molecule has 1 rings (SSSR count). The van der Waals surface area contributed by atoms with Gasteiger partial charge in [-0.25, -0.2) is 0 Å². The van der Waals surface area contributed by atoms with Crippen molar-refractivity contribution in [3.63, 3.8) is 0 Å². The third-order valence-electron chi connectivity index (χ3n) is 2.27. The summed E-state index contributed by atoms with van der Waals surface area (Å²) in [5.74, 6) is 0.630. The van der Waals surface area contributed by atoms with Crippen LogP contribution in [0.15, 0.2) is 12.2 Å². The molecule has 0 aliphatic heterocycles. The van der Waals surface area contributed by atoms with Gasteiger partial charge in [-0.05, 0) is 26.2 Å². The summed E-state index contributed by atoms with van der Waals surface area (Å²) in [6, 6.07) is 0. The fourth-order valence-electron chi connectivity index (χ4n) is 1.58. The lowest BCUT2D eigenvalue weighted by Crippen LogP contribution is -2.04. The van der Waals surface area contributed by atoms with Crippen LogP contribution in [0.25, 0.3) is 0 Å². The summed E-state index contributed by atoms with van der Waals surface area (Å²) in [4.78, 5) is 11.2. The van der Waals surface area contributed by atoms with Crippen molar-refractivity contribution >= 4 is 5.78 Å². The van der Waals surface area contributed by atoms with Gasteiger partial charge in [0.2, 0.25) is 0 Å². The Morgan fingerprint density at radius 3 is 3.00 bits per heavy atom. The average Bonchev–Trinajstić information content (AvgIpc) is 2.36. The van der Waals surface area contributed by atoms with Crippen LogP contribution in [0.2, 0.25) is 0 Å². The van der Waals surface area contributed by atoms with E-state index in [1.54, 1.807) is 13.0 Å². The Labute approximate surface area is 73.3 Å². The van der Waals surface area contributed by atoms with Crippen LogP contribution in [0.5, 0.6) is 0 Å². The monoisotopic (exact) mass is 168 g/mol. The first-order valence-corrected chi connectivity index (χ1v) is 4.57. The molecule has 0 aromatic heterocycles. The second-order valence-corrected chi connectivity index (χ2v) is 3.46. The standard InChI is InChI=1S/C10H16O2/c1-8(11)4-2-5-9-6-3-7-10(9)12/h2,4,8-9,11H,3,5-7H2,1H3/b4-2-. The lowest BCUT2D eigenvalue weighted by molar-refractivity contribution is -0.120. The zero-order valence-electron chi connectivity index (χ0n) is 7.49. The highest BCUT2D eigenvalue weighted by Gasteiger charge is 2.22. The summed E-state index contributed by atoms with van der Waals surface area (Å²) in [5, 5.41) is 8.92. The quantitative estimate of drug-likeness (QED) is 0.651. The number of rotatable bonds is 3. The molecule has 0 radical (unpaired) electrons. The smallest absolute Gasteiger partial charge is 0.136 e. The van der Waals surface area contributed by atoms with Crippen LogP contribution in [0.4, 0.5) is 0 Å². The number of carbonyl (C=O) groups is 1. The molecule has 1 aliphatic rings. The summed E-state index contributed by atoms with van der Waals surface area (Å²) in [5.41, 5.74) is 0. The van der Waals surface area contributed by atoms with Gasteiger partial charge in [0, 0.05) is 12.3 Å².